The first-order valence-electron chi connectivity index (χ1n) is 6.42. The topological polar surface area (TPSA) is 77.2 Å². The van der Waals surface area contributed by atoms with Crippen LogP contribution in [0.25, 0.3) is 0 Å². The monoisotopic (exact) mass is 361 g/mol. The van der Waals surface area contributed by atoms with E-state index in [1.807, 2.05) is 13.8 Å². The third kappa shape index (κ3) is 4.58. The molecule has 0 bridgehead atoms. The smallest absolute Gasteiger partial charge is 0.275 e. The van der Waals surface area contributed by atoms with E-state index >= 15 is 0 Å². The molecule has 3 N–H and O–H groups in total. The van der Waals surface area contributed by atoms with Crippen LogP contribution in [0.2, 0.25) is 5.02 Å². The van der Waals surface area contributed by atoms with Crippen LogP contribution in [0.4, 0.5) is 5.69 Å². The Hall–Kier alpha value is -1.34. The number of carbonyl (C=O) groups excluding carboxylic acids is 1. The molecule has 0 atom stereocenters. The Balaban J connectivity index is 0.00000242. The second-order valence-corrected chi connectivity index (χ2v) is 5.92. The lowest BCUT2D eigenvalue weighted by molar-refractivity contribution is 0.102. The van der Waals surface area contributed by atoms with Gasteiger partial charge in [-0.3, -0.25) is 4.79 Å². The van der Waals surface area contributed by atoms with Crippen molar-refractivity contribution in [1.82, 2.24) is 4.98 Å². The van der Waals surface area contributed by atoms with Gasteiger partial charge in [-0.25, -0.2) is 4.98 Å². The van der Waals surface area contributed by atoms with E-state index in [2.05, 4.69) is 10.3 Å². The molecule has 2 rings (SSSR count). The van der Waals surface area contributed by atoms with Crippen molar-refractivity contribution >= 4 is 46.9 Å². The Morgan fingerprint density at radius 1 is 1.50 bits per heavy atom. The summed E-state index contributed by atoms with van der Waals surface area (Å²) >= 11 is 7.48. The highest BCUT2D eigenvalue weighted by atomic mass is 35.5. The highest BCUT2D eigenvalue weighted by molar-refractivity contribution is 7.09. The lowest BCUT2D eigenvalue weighted by Gasteiger charge is -2.15. The summed E-state index contributed by atoms with van der Waals surface area (Å²) in [5.41, 5.74) is 6.34. The van der Waals surface area contributed by atoms with E-state index in [1.165, 1.54) is 11.3 Å². The average molecular weight is 362 g/mol. The van der Waals surface area contributed by atoms with E-state index in [-0.39, 0.29) is 24.4 Å². The lowest BCUT2D eigenvalue weighted by Crippen LogP contribution is -2.15. The summed E-state index contributed by atoms with van der Waals surface area (Å²) in [5.74, 6) is 0.138. The summed E-state index contributed by atoms with van der Waals surface area (Å²) in [5, 5.41) is 5.60. The molecule has 2 aromatic rings. The van der Waals surface area contributed by atoms with Crippen molar-refractivity contribution in [3.63, 3.8) is 0 Å². The molecule has 0 aliphatic rings. The fourth-order valence-electron chi connectivity index (χ4n) is 1.66. The van der Waals surface area contributed by atoms with Crippen molar-refractivity contribution in [2.24, 2.45) is 5.73 Å². The first-order chi connectivity index (χ1) is 10.0. The molecule has 5 nitrogen and oxygen atoms in total. The molecule has 120 valence electrons. The van der Waals surface area contributed by atoms with Gasteiger partial charge in [-0.15, -0.1) is 23.7 Å². The van der Waals surface area contributed by atoms with E-state index in [0.717, 1.165) is 0 Å². The number of rotatable bonds is 5. The molecule has 1 aromatic heterocycles. The average Bonchev–Trinajstić information content (AvgIpc) is 2.91. The molecular weight excluding hydrogens is 345 g/mol. The van der Waals surface area contributed by atoms with Crippen molar-refractivity contribution in [3.8, 4) is 5.75 Å². The van der Waals surface area contributed by atoms with Gasteiger partial charge in [0.1, 0.15) is 10.7 Å². The van der Waals surface area contributed by atoms with E-state index in [9.17, 15) is 4.79 Å². The quantitative estimate of drug-likeness (QED) is 0.850. The third-order valence-electron chi connectivity index (χ3n) is 2.53. The number of amides is 1. The second-order valence-electron chi connectivity index (χ2n) is 4.57. The molecule has 1 aromatic carbocycles. The minimum Gasteiger partial charge on any atom is -0.487 e. The highest BCUT2D eigenvalue weighted by Crippen LogP contribution is 2.34. The molecule has 0 unspecified atom stereocenters. The summed E-state index contributed by atoms with van der Waals surface area (Å²) in [6.45, 7) is 4.10. The first-order valence-corrected chi connectivity index (χ1v) is 7.68. The number of benzene rings is 1. The van der Waals surface area contributed by atoms with Gasteiger partial charge in [0.25, 0.3) is 5.91 Å². The molecule has 0 radical (unpaired) electrons. The van der Waals surface area contributed by atoms with Crippen LogP contribution in [0.1, 0.15) is 29.3 Å². The van der Waals surface area contributed by atoms with Crippen molar-refractivity contribution in [1.29, 1.82) is 0 Å². The van der Waals surface area contributed by atoms with Gasteiger partial charge in [0.15, 0.2) is 5.75 Å². The first kappa shape index (κ1) is 18.7. The number of nitrogens with two attached hydrogens (primary N) is 1. The van der Waals surface area contributed by atoms with Crippen LogP contribution >= 0.6 is 35.3 Å². The van der Waals surface area contributed by atoms with Gasteiger partial charge < -0.3 is 15.8 Å². The number of aromatic nitrogens is 1. The molecule has 0 fully saturated rings. The van der Waals surface area contributed by atoms with Crippen molar-refractivity contribution in [2.75, 3.05) is 5.32 Å². The van der Waals surface area contributed by atoms with Gasteiger partial charge in [-0.1, -0.05) is 17.7 Å². The SMILES string of the molecule is CC(C)Oc1c(Cl)cccc1NC(=O)c1csc(CN)n1.Cl. The molecule has 0 spiro atoms. The van der Waals surface area contributed by atoms with E-state index < -0.39 is 0 Å². The lowest BCUT2D eigenvalue weighted by atomic mass is 10.2. The van der Waals surface area contributed by atoms with Gasteiger partial charge >= 0.3 is 0 Å². The summed E-state index contributed by atoms with van der Waals surface area (Å²) in [6, 6.07) is 5.19. The number of nitrogens with zero attached hydrogens (tertiary/aromatic N) is 1. The van der Waals surface area contributed by atoms with Crippen LogP contribution in [0.15, 0.2) is 23.6 Å². The van der Waals surface area contributed by atoms with E-state index in [0.29, 0.717) is 33.7 Å². The van der Waals surface area contributed by atoms with Crippen molar-refractivity contribution < 1.29 is 9.53 Å². The van der Waals surface area contributed by atoms with Gasteiger partial charge in [-0.2, -0.15) is 0 Å². The van der Waals surface area contributed by atoms with Crippen LogP contribution in [-0.2, 0) is 6.54 Å². The van der Waals surface area contributed by atoms with Crippen LogP contribution in [0.5, 0.6) is 5.75 Å². The van der Waals surface area contributed by atoms with Crippen LogP contribution in [-0.4, -0.2) is 17.0 Å². The van der Waals surface area contributed by atoms with Gasteiger partial charge in [0.05, 0.1) is 16.8 Å². The molecule has 1 amide bonds. The summed E-state index contributed by atoms with van der Waals surface area (Å²) < 4.78 is 5.65. The molecule has 0 aliphatic carbocycles. The maximum atomic E-state index is 12.2. The number of halogens is 2. The minimum atomic E-state index is -0.318. The minimum absolute atomic E-state index is 0. The van der Waals surface area contributed by atoms with Crippen LogP contribution in [0.3, 0.4) is 0 Å². The maximum absolute atomic E-state index is 12.2. The highest BCUT2D eigenvalue weighted by Gasteiger charge is 2.15. The summed E-state index contributed by atoms with van der Waals surface area (Å²) in [7, 11) is 0. The Morgan fingerprint density at radius 2 is 2.23 bits per heavy atom. The fourth-order valence-corrected chi connectivity index (χ4v) is 2.53. The zero-order chi connectivity index (χ0) is 15.4. The predicted molar refractivity (Wildman–Crippen MR) is 92.4 cm³/mol. The zero-order valence-corrected chi connectivity index (χ0v) is 14.5. The van der Waals surface area contributed by atoms with Gasteiger partial charge in [0, 0.05) is 11.9 Å². The third-order valence-corrected chi connectivity index (χ3v) is 3.70. The number of hydrogen-bond acceptors (Lipinski definition) is 5. The number of hydrogen-bond donors (Lipinski definition) is 2. The molecule has 22 heavy (non-hydrogen) atoms. The standard InChI is InChI=1S/C14H16ClN3O2S.ClH/c1-8(2)20-13-9(15)4-3-5-10(13)18-14(19)11-7-21-12(6-16)17-11;/h3-5,7-8H,6,16H2,1-2H3,(H,18,19);1H. The van der Waals surface area contributed by atoms with Gasteiger partial charge in [0.2, 0.25) is 0 Å². The maximum Gasteiger partial charge on any atom is 0.275 e. The van der Waals surface area contributed by atoms with E-state index in [4.69, 9.17) is 22.1 Å². The van der Waals surface area contributed by atoms with Crippen LogP contribution < -0.4 is 15.8 Å². The number of ether oxygens (including phenoxy) is 1. The number of nitrogens with one attached hydrogen (secondary N) is 1. The summed E-state index contributed by atoms with van der Waals surface area (Å²) in [6.07, 6.45) is -0.0522. The van der Waals surface area contributed by atoms with Crippen molar-refractivity contribution in [3.05, 3.63) is 39.3 Å². The Bertz CT molecular complexity index is 647. The number of para-hydroxylation sites is 1. The molecule has 8 heteroatoms. The fraction of sp³-hybridized carbons (Fsp3) is 0.286. The Labute approximate surface area is 144 Å². The zero-order valence-electron chi connectivity index (χ0n) is 12.1. The predicted octanol–water partition coefficient (Wildman–Crippen LogP) is 3.72. The molecule has 0 saturated heterocycles. The second kappa shape index (κ2) is 8.33. The number of anilines is 1. The Kier molecular flexibility index (Phi) is 7.09. The number of carbonyl (C=O) groups is 1. The molecule has 1 heterocycles. The van der Waals surface area contributed by atoms with E-state index in [1.54, 1.807) is 23.6 Å². The normalized spacial score (nSPS) is 10.2. The molecule has 0 aliphatic heterocycles. The summed E-state index contributed by atoms with van der Waals surface area (Å²) in [4.78, 5) is 16.3. The molecule has 0 saturated carbocycles. The molecular formula is C14H17Cl2N3O2S. The van der Waals surface area contributed by atoms with Gasteiger partial charge in [-0.05, 0) is 26.0 Å². The van der Waals surface area contributed by atoms with Crippen LogP contribution in [0, 0.1) is 0 Å². The number of thiazole rings is 1. The largest absolute Gasteiger partial charge is 0.487 e. The Morgan fingerprint density at radius 3 is 2.82 bits per heavy atom. The van der Waals surface area contributed by atoms with Crippen molar-refractivity contribution in [2.45, 2.75) is 26.5 Å².